The van der Waals surface area contributed by atoms with E-state index in [4.69, 9.17) is 0 Å². The highest BCUT2D eigenvalue weighted by atomic mass is 15.1. The van der Waals surface area contributed by atoms with Crippen molar-refractivity contribution in [1.82, 2.24) is 4.57 Å². The van der Waals surface area contributed by atoms with Gasteiger partial charge >= 0.3 is 0 Å². The molecule has 9 aromatic carbocycles. The quantitative estimate of drug-likeness (QED) is 0.174. The predicted molar refractivity (Wildman–Crippen MR) is 246 cm³/mol. The molecule has 0 saturated carbocycles. The van der Waals surface area contributed by atoms with Gasteiger partial charge in [-0.05, 0) is 115 Å². The van der Waals surface area contributed by atoms with E-state index in [1.807, 2.05) is 0 Å². The van der Waals surface area contributed by atoms with Crippen LogP contribution < -0.4 is 4.90 Å². The summed E-state index contributed by atoms with van der Waals surface area (Å²) in [7, 11) is 0. The normalized spacial score (nSPS) is 14.5. The Morgan fingerprint density at radius 1 is 0.397 bits per heavy atom. The molecule has 1 aliphatic carbocycles. The molecule has 0 spiro atoms. The first-order chi connectivity index (χ1) is 28.3. The Kier molecular flexibility index (Phi) is 6.78. The number of hydrogen-bond donors (Lipinski definition) is 0. The molecular formula is C56H42N2. The second-order valence-corrected chi connectivity index (χ2v) is 17.4. The number of hydrogen-bond acceptors (Lipinski definition) is 1. The SMILES string of the molecule is CC1(C)c2cc(-c3ccc4c(c3)c3cccc5c3n4-c3ccccc3C5(C)C)ccc2-c2ccc(N(c3ccc4ccccc4c3)c3cccc4ccccc34)cc21. The second kappa shape index (κ2) is 11.8. The minimum atomic E-state index is -0.201. The molecule has 276 valence electrons. The lowest BCUT2D eigenvalue weighted by atomic mass is 9.75. The molecule has 0 unspecified atom stereocenters. The van der Waals surface area contributed by atoms with Gasteiger partial charge in [-0.2, -0.15) is 0 Å². The Bertz CT molecular complexity index is 3350. The van der Waals surface area contributed by atoms with Crippen molar-refractivity contribution in [1.29, 1.82) is 0 Å². The van der Waals surface area contributed by atoms with Gasteiger partial charge in [0.2, 0.25) is 0 Å². The van der Waals surface area contributed by atoms with E-state index in [1.54, 1.807) is 0 Å². The third kappa shape index (κ3) is 4.54. The van der Waals surface area contributed by atoms with Gasteiger partial charge in [-0.15, -0.1) is 0 Å². The first-order valence-electron chi connectivity index (χ1n) is 20.5. The summed E-state index contributed by atoms with van der Waals surface area (Å²) < 4.78 is 2.50. The van der Waals surface area contributed by atoms with Crippen LogP contribution in [0.1, 0.15) is 49.9 Å². The summed E-state index contributed by atoms with van der Waals surface area (Å²) in [5.41, 5.74) is 17.7. The van der Waals surface area contributed by atoms with E-state index in [-0.39, 0.29) is 10.8 Å². The number of aromatic nitrogens is 1. The van der Waals surface area contributed by atoms with E-state index in [9.17, 15) is 0 Å². The standard InChI is InChI=1S/C56H42N2/c1-55(2)47-19-9-10-21-53(47)58-52-30-25-38(32-46(52)45-18-12-20-48(55)54(45)58)39-24-28-43-44-29-27-41(34-50(44)56(3,4)49(43)33-39)57(40-26-23-35-13-5-6-15-37(35)31-40)51-22-11-16-36-14-7-8-17-42(36)51/h5-34H,1-4H3. The highest BCUT2D eigenvalue weighted by molar-refractivity contribution is 6.12. The summed E-state index contributed by atoms with van der Waals surface area (Å²) >= 11 is 0. The molecule has 0 bridgehead atoms. The molecule has 1 aliphatic heterocycles. The Balaban J connectivity index is 0.986. The first kappa shape index (κ1) is 33.3. The third-order valence-corrected chi connectivity index (χ3v) is 13.5. The molecule has 2 heterocycles. The molecule has 0 fully saturated rings. The lowest BCUT2D eigenvalue weighted by Gasteiger charge is -2.34. The highest BCUT2D eigenvalue weighted by Crippen LogP contribution is 2.53. The highest BCUT2D eigenvalue weighted by Gasteiger charge is 2.37. The van der Waals surface area contributed by atoms with Crippen LogP contribution in [0.4, 0.5) is 17.1 Å². The fourth-order valence-corrected chi connectivity index (χ4v) is 10.5. The Hall–Kier alpha value is -6.90. The van der Waals surface area contributed by atoms with Crippen LogP contribution >= 0.6 is 0 Å². The predicted octanol–water partition coefficient (Wildman–Crippen LogP) is 15.2. The second-order valence-electron chi connectivity index (χ2n) is 17.4. The van der Waals surface area contributed by atoms with Crippen molar-refractivity contribution >= 4 is 60.4 Å². The molecule has 2 aliphatic rings. The van der Waals surface area contributed by atoms with Crippen LogP contribution in [0.15, 0.2) is 182 Å². The van der Waals surface area contributed by atoms with E-state index >= 15 is 0 Å². The largest absolute Gasteiger partial charge is 0.310 e. The fourth-order valence-electron chi connectivity index (χ4n) is 10.5. The molecule has 0 atom stereocenters. The van der Waals surface area contributed by atoms with Gasteiger partial charge in [0.15, 0.2) is 0 Å². The van der Waals surface area contributed by atoms with Crippen molar-refractivity contribution < 1.29 is 0 Å². The number of fused-ring (bicyclic) bond motifs is 10. The van der Waals surface area contributed by atoms with Crippen molar-refractivity contribution in [2.45, 2.75) is 38.5 Å². The van der Waals surface area contributed by atoms with Gasteiger partial charge in [-0.1, -0.05) is 155 Å². The van der Waals surface area contributed by atoms with Gasteiger partial charge in [0, 0.05) is 38.4 Å². The van der Waals surface area contributed by atoms with Crippen molar-refractivity contribution in [2.24, 2.45) is 0 Å². The summed E-state index contributed by atoms with van der Waals surface area (Å²) in [4.78, 5) is 2.45. The fraction of sp³-hybridized carbons (Fsp3) is 0.107. The van der Waals surface area contributed by atoms with Gasteiger partial charge in [-0.3, -0.25) is 0 Å². The molecule has 0 saturated heterocycles. The minimum absolute atomic E-state index is 0.0782. The van der Waals surface area contributed by atoms with Crippen molar-refractivity contribution in [2.75, 3.05) is 4.90 Å². The van der Waals surface area contributed by atoms with Gasteiger partial charge in [0.05, 0.1) is 22.4 Å². The molecule has 0 N–H and O–H groups in total. The maximum absolute atomic E-state index is 2.50. The van der Waals surface area contributed by atoms with Gasteiger partial charge < -0.3 is 9.47 Å². The van der Waals surface area contributed by atoms with Crippen LogP contribution in [0.3, 0.4) is 0 Å². The number of anilines is 3. The summed E-state index contributed by atoms with van der Waals surface area (Å²) in [6.45, 7) is 9.53. The zero-order chi connectivity index (χ0) is 38.9. The Morgan fingerprint density at radius 3 is 1.88 bits per heavy atom. The zero-order valence-corrected chi connectivity index (χ0v) is 33.2. The first-order valence-corrected chi connectivity index (χ1v) is 20.5. The van der Waals surface area contributed by atoms with E-state index in [1.165, 1.54) is 99.2 Å². The molecular weight excluding hydrogens is 701 g/mol. The summed E-state index contributed by atoms with van der Waals surface area (Å²) in [6, 6.07) is 68.1. The van der Waals surface area contributed by atoms with Crippen molar-refractivity contribution in [3.63, 3.8) is 0 Å². The number of para-hydroxylation sites is 2. The van der Waals surface area contributed by atoms with Gasteiger partial charge in [-0.25, -0.2) is 0 Å². The molecule has 12 rings (SSSR count). The number of nitrogens with zero attached hydrogens (tertiary/aromatic N) is 2. The average Bonchev–Trinajstić information content (AvgIpc) is 3.71. The molecule has 10 aromatic rings. The van der Waals surface area contributed by atoms with E-state index in [0.717, 1.165) is 11.4 Å². The maximum Gasteiger partial charge on any atom is 0.0582 e. The average molecular weight is 743 g/mol. The van der Waals surface area contributed by atoms with Crippen LogP contribution in [0, 0.1) is 0 Å². The lowest BCUT2D eigenvalue weighted by Crippen LogP contribution is -2.26. The smallest absolute Gasteiger partial charge is 0.0582 e. The molecule has 0 radical (unpaired) electrons. The third-order valence-electron chi connectivity index (χ3n) is 13.5. The van der Waals surface area contributed by atoms with E-state index in [0.29, 0.717) is 0 Å². The Labute approximate surface area is 339 Å². The Morgan fingerprint density at radius 2 is 1.00 bits per heavy atom. The zero-order valence-electron chi connectivity index (χ0n) is 33.2. The summed E-state index contributed by atoms with van der Waals surface area (Å²) in [6.07, 6.45) is 0. The molecule has 2 heteroatoms. The topological polar surface area (TPSA) is 8.17 Å². The summed E-state index contributed by atoms with van der Waals surface area (Å²) in [5.74, 6) is 0. The minimum Gasteiger partial charge on any atom is -0.310 e. The number of rotatable bonds is 4. The van der Waals surface area contributed by atoms with Crippen LogP contribution in [-0.4, -0.2) is 4.57 Å². The van der Waals surface area contributed by atoms with Gasteiger partial charge in [0.1, 0.15) is 0 Å². The maximum atomic E-state index is 2.50. The van der Waals surface area contributed by atoms with Crippen molar-refractivity contribution in [3.05, 3.63) is 204 Å². The van der Waals surface area contributed by atoms with Gasteiger partial charge in [0.25, 0.3) is 0 Å². The molecule has 2 nitrogen and oxygen atoms in total. The number of benzene rings is 9. The van der Waals surface area contributed by atoms with E-state index in [2.05, 4.69) is 219 Å². The van der Waals surface area contributed by atoms with Crippen LogP contribution in [0.25, 0.3) is 71.3 Å². The van der Waals surface area contributed by atoms with Crippen LogP contribution in [0.2, 0.25) is 0 Å². The van der Waals surface area contributed by atoms with Crippen LogP contribution in [0.5, 0.6) is 0 Å². The molecule has 0 amide bonds. The molecule has 58 heavy (non-hydrogen) atoms. The molecule has 1 aromatic heterocycles. The monoisotopic (exact) mass is 742 g/mol. The van der Waals surface area contributed by atoms with E-state index < -0.39 is 0 Å². The summed E-state index contributed by atoms with van der Waals surface area (Å²) in [5, 5.41) is 7.56. The van der Waals surface area contributed by atoms with Crippen molar-refractivity contribution in [3.8, 4) is 27.9 Å². The lowest BCUT2D eigenvalue weighted by molar-refractivity contribution is 0.630. The van der Waals surface area contributed by atoms with Crippen LogP contribution in [-0.2, 0) is 10.8 Å².